The predicted octanol–water partition coefficient (Wildman–Crippen LogP) is 6.39. The van der Waals surface area contributed by atoms with E-state index < -0.39 is 11.2 Å². The number of ether oxygens (including phenoxy) is 1. The highest BCUT2D eigenvalue weighted by Crippen LogP contribution is 2.47. The maximum absolute atomic E-state index is 13.8. The SMILES string of the molecule is CCCCC1(CCCC)CN(c2ccccc2)c2cc(N(C)C)c(OC)cc2[S+]([O-])C1. The Morgan fingerprint density at radius 2 is 1.71 bits per heavy atom. The first-order chi connectivity index (χ1) is 14.9. The molecular formula is C26H38N2O2S. The Kier molecular flexibility index (Phi) is 8.17. The minimum absolute atomic E-state index is 0.0389. The Hall–Kier alpha value is -1.85. The number of hydrogen-bond donors (Lipinski definition) is 0. The standard InChI is InChI=1S/C26H38N2O2S/c1-6-8-15-26(16-9-7-2)19-28(21-13-11-10-12-14-21)23-17-22(27(3)4)24(30-5)18-25(23)31(29)20-26/h10-14,17-18H,6-9,15-16,19-20H2,1-5H3. The van der Waals surface area contributed by atoms with Crippen molar-refractivity contribution in [2.75, 3.05) is 43.3 Å². The monoisotopic (exact) mass is 442 g/mol. The van der Waals surface area contributed by atoms with Gasteiger partial charge in [-0.3, -0.25) is 0 Å². The van der Waals surface area contributed by atoms with Gasteiger partial charge in [-0.2, -0.15) is 0 Å². The average Bonchev–Trinajstić information content (AvgIpc) is 2.90. The average molecular weight is 443 g/mol. The molecule has 0 saturated heterocycles. The third-order valence-electron chi connectivity index (χ3n) is 6.40. The van der Waals surface area contributed by atoms with Crippen molar-refractivity contribution < 1.29 is 9.29 Å². The van der Waals surface area contributed by atoms with E-state index in [0.29, 0.717) is 5.75 Å². The Labute approximate surface area is 191 Å². The second kappa shape index (κ2) is 10.6. The fourth-order valence-corrected chi connectivity index (χ4v) is 6.37. The molecule has 3 rings (SSSR count). The summed E-state index contributed by atoms with van der Waals surface area (Å²) in [5.74, 6) is 1.49. The zero-order chi connectivity index (χ0) is 22.4. The molecule has 1 atom stereocenters. The molecule has 0 aromatic heterocycles. The molecule has 1 aliphatic rings. The molecule has 2 aromatic carbocycles. The zero-order valence-electron chi connectivity index (χ0n) is 19.8. The number of unbranched alkanes of at least 4 members (excludes halogenated alkanes) is 2. The van der Waals surface area contributed by atoms with Crippen LogP contribution >= 0.6 is 0 Å². The van der Waals surface area contributed by atoms with Gasteiger partial charge < -0.3 is 19.1 Å². The van der Waals surface area contributed by atoms with Crippen molar-refractivity contribution >= 4 is 28.2 Å². The Morgan fingerprint density at radius 1 is 1.06 bits per heavy atom. The molecule has 1 heterocycles. The van der Waals surface area contributed by atoms with Gasteiger partial charge in [-0.1, -0.05) is 57.7 Å². The molecule has 31 heavy (non-hydrogen) atoms. The summed E-state index contributed by atoms with van der Waals surface area (Å²) in [5.41, 5.74) is 3.25. The number of para-hydroxylation sites is 1. The molecule has 0 fully saturated rings. The van der Waals surface area contributed by atoms with Gasteiger partial charge >= 0.3 is 0 Å². The highest BCUT2D eigenvalue weighted by Gasteiger charge is 2.42. The van der Waals surface area contributed by atoms with E-state index in [1.807, 2.05) is 20.2 Å². The molecule has 170 valence electrons. The number of benzene rings is 2. The molecule has 5 heteroatoms. The minimum atomic E-state index is -1.08. The Balaban J connectivity index is 2.18. The summed E-state index contributed by atoms with van der Waals surface area (Å²) in [6.07, 6.45) is 6.90. The first-order valence-corrected chi connectivity index (χ1v) is 12.9. The fourth-order valence-electron chi connectivity index (χ4n) is 4.64. The van der Waals surface area contributed by atoms with Crippen molar-refractivity contribution in [1.82, 2.24) is 0 Å². The molecule has 0 amide bonds. The van der Waals surface area contributed by atoms with Gasteiger partial charge in [0.05, 0.1) is 18.5 Å². The Bertz CT molecular complexity index is 833. The largest absolute Gasteiger partial charge is 0.611 e. The quantitative estimate of drug-likeness (QED) is 0.422. The van der Waals surface area contributed by atoms with Crippen LogP contribution in [0.5, 0.6) is 5.75 Å². The fraction of sp³-hybridized carbons (Fsp3) is 0.538. The van der Waals surface area contributed by atoms with Crippen LogP contribution in [0.1, 0.15) is 52.4 Å². The topological polar surface area (TPSA) is 38.8 Å². The number of methoxy groups -OCH3 is 1. The van der Waals surface area contributed by atoms with Crippen LogP contribution in [0.4, 0.5) is 17.1 Å². The van der Waals surface area contributed by atoms with E-state index >= 15 is 0 Å². The first-order valence-electron chi connectivity index (χ1n) is 11.5. The van der Waals surface area contributed by atoms with Crippen LogP contribution in [0, 0.1) is 5.41 Å². The Morgan fingerprint density at radius 3 is 2.26 bits per heavy atom. The lowest BCUT2D eigenvalue weighted by molar-refractivity contribution is 0.270. The number of anilines is 3. The van der Waals surface area contributed by atoms with Crippen molar-refractivity contribution in [2.45, 2.75) is 57.3 Å². The maximum atomic E-state index is 13.8. The second-order valence-corrected chi connectivity index (χ2v) is 10.4. The zero-order valence-corrected chi connectivity index (χ0v) is 20.6. The van der Waals surface area contributed by atoms with Gasteiger partial charge in [0.15, 0.2) is 4.90 Å². The van der Waals surface area contributed by atoms with E-state index in [1.54, 1.807) is 7.11 Å². The van der Waals surface area contributed by atoms with E-state index in [0.717, 1.165) is 59.9 Å². The van der Waals surface area contributed by atoms with Crippen molar-refractivity contribution in [3.05, 3.63) is 42.5 Å². The normalized spacial score (nSPS) is 17.7. The van der Waals surface area contributed by atoms with Crippen molar-refractivity contribution in [3.63, 3.8) is 0 Å². The lowest BCUT2D eigenvalue weighted by Gasteiger charge is -2.36. The summed E-state index contributed by atoms with van der Waals surface area (Å²) >= 11 is -1.08. The third-order valence-corrected chi connectivity index (χ3v) is 8.09. The summed E-state index contributed by atoms with van der Waals surface area (Å²) in [6, 6.07) is 14.7. The molecule has 0 saturated carbocycles. The number of nitrogens with zero attached hydrogens (tertiary/aromatic N) is 2. The minimum Gasteiger partial charge on any atom is -0.611 e. The van der Waals surface area contributed by atoms with Crippen molar-refractivity contribution in [2.24, 2.45) is 5.41 Å². The van der Waals surface area contributed by atoms with E-state index in [1.165, 1.54) is 12.8 Å². The van der Waals surface area contributed by atoms with E-state index in [2.05, 4.69) is 60.0 Å². The van der Waals surface area contributed by atoms with Gasteiger partial charge in [0.25, 0.3) is 0 Å². The van der Waals surface area contributed by atoms with Gasteiger partial charge in [-0.25, -0.2) is 0 Å². The van der Waals surface area contributed by atoms with Crippen LogP contribution < -0.4 is 14.5 Å². The summed E-state index contributed by atoms with van der Waals surface area (Å²) in [4.78, 5) is 5.37. The number of fused-ring (bicyclic) bond motifs is 1. The summed E-state index contributed by atoms with van der Waals surface area (Å²) in [5, 5.41) is 0. The smallest absolute Gasteiger partial charge is 0.180 e. The van der Waals surface area contributed by atoms with Crippen LogP contribution in [-0.4, -0.2) is 38.1 Å². The predicted molar refractivity (Wildman–Crippen MR) is 134 cm³/mol. The van der Waals surface area contributed by atoms with E-state index in [9.17, 15) is 4.55 Å². The van der Waals surface area contributed by atoms with Gasteiger partial charge in [0.2, 0.25) is 0 Å². The van der Waals surface area contributed by atoms with Crippen LogP contribution in [0.3, 0.4) is 0 Å². The number of hydrogen-bond acceptors (Lipinski definition) is 4. The summed E-state index contributed by atoms with van der Waals surface area (Å²) in [6.45, 7) is 5.40. The van der Waals surface area contributed by atoms with Crippen molar-refractivity contribution in [1.29, 1.82) is 0 Å². The highest BCUT2D eigenvalue weighted by atomic mass is 32.2. The van der Waals surface area contributed by atoms with Crippen LogP contribution in [0.25, 0.3) is 0 Å². The molecule has 0 aliphatic carbocycles. The van der Waals surface area contributed by atoms with E-state index in [-0.39, 0.29) is 5.41 Å². The van der Waals surface area contributed by atoms with Crippen LogP contribution in [0.2, 0.25) is 0 Å². The molecule has 0 N–H and O–H groups in total. The molecule has 0 bridgehead atoms. The lowest BCUT2D eigenvalue weighted by atomic mass is 9.79. The number of rotatable bonds is 9. The van der Waals surface area contributed by atoms with E-state index in [4.69, 9.17) is 4.74 Å². The first kappa shape index (κ1) is 23.8. The van der Waals surface area contributed by atoms with Gasteiger partial charge in [0, 0.05) is 37.8 Å². The highest BCUT2D eigenvalue weighted by molar-refractivity contribution is 7.91. The van der Waals surface area contributed by atoms with Gasteiger partial charge in [0.1, 0.15) is 11.5 Å². The summed E-state index contributed by atoms with van der Waals surface area (Å²) in [7, 11) is 5.74. The van der Waals surface area contributed by atoms with Crippen LogP contribution in [0.15, 0.2) is 47.4 Å². The van der Waals surface area contributed by atoms with Crippen LogP contribution in [-0.2, 0) is 11.2 Å². The van der Waals surface area contributed by atoms with Crippen molar-refractivity contribution in [3.8, 4) is 5.75 Å². The maximum Gasteiger partial charge on any atom is 0.180 e. The second-order valence-electron chi connectivity index (χ2n) is 9.00. The van der Waals surface area contributed by atoms with Gasteiger partial charge in [-0.15, -0.1) is 0 Å². The third kappa shape index (κ3) is 5.32. The molecule has 4 nitrogen and oxygen atoms in total. The molecular weight excluding hydrogens is 404 g/mol. The molecule has 2 aromatic rings. The lowest BCUT2D eigenvalue weighted by Crippen LogP contribution is -2.38. The molecule has 1 unspecified atom stereocenters. The molecule has 0 spiro atoms. The molecule has 1 aliphatic heterocycles. The molecule has 0 radical (unpaired) electrons. The van der Waals surface area contributed by atoms with Gasteiger partial charge in [-0.05, 0) is 42.2 Å². The summed E-state index contributed by atoms with van der Waals surface area (Å²) < 4.78 is 19.5.